The van der Waals surface area contributed by atoms with Crippen LogP contribution in [0, 0.1) is 5.82 Å². The molecule has 0 fully saturated rings. The maximum Gasteiger partial charge on any atom is 0.231 e. The standard InChI is InChI=1S/C24H19FO5/c1-27-18-8-5-16(21(12-18)28-2)11-23-24(26)20-10-9-19(13-22(20)30-23)29-14-15-3-6-17(25)7-4-15/h3-13H,14H2,1-2H3/b23-11-. The van der Waals surface area contributed by atoms with E-state index in [2.05, 4.69) is 0 Å². The van der Waals surface area contributed by atoms with Crippen LogP contribution in [0.5, 0.6) is 23.0 Å². The molecule has 3 aromatic carbocycles. The molecule has 30 heavy (non-hydrogen) atoms. The second-order valence-corrected chi connectivity index (χ2v) is 6.62. The van der Waals surface area contributed by atoms with E-state index >= 15 is 0 Å². The number of Topliss-reactive ketones (excluding diaryl/α,β-unsaturated/α-hetero) is 1. The van der Waals surface area contributed by atoms with Crippen LogP contribution in [0.15, 0.2) is 66.4 Å². The largest absolute Gasteiger partial charge is 0.497 e. The highest BCUT2D eigenvalue weighted by molar-refractivity contribution is 6.14. The molecule has 1 aliphatic heterocycles. The summed E-state index contributed by atoms with van der Waals surface area (Å²) >= 11 is 0. The fourth-order valence-electron chi connectivity index (χ4n) is 3.08. The summed E-state index contributed by atoms with van der Waals surface area (Å²) in [7, 11) is 3.12. The Bertz CT molecular complexity index is 1120. The molecule has 0 amide bonds. The number of methoxy groups -OCH3 is 2. The first-order chi connectivity index (χ1) is 14.6. The van der Waals surface area contributed by atoms with Crippen LogP contribution in [-0.4, -0.2) is 20.0 Å². The maximum absolute atomic E-state index is 13.0. The van der Waals surface area contributed by atoms with Gasteiger partial charge in [0, 0.05) is 17.7 Å². The van der Waals surface area contributed by atoms with Gasteiger partial charge in [0.25, 0.3) is 0 Å². The van der Waals surface area contributed by atoms with Crippen molar-refractivity contribution in [2.75, 3.05) is 14.2 Å². The van der Waals surface area contributed by atoms with Crippen LogP contribution in [0.2, 0.25) is 0 Å². The number of carbonyl (C=O) groups is 1. The third-order valence-corrected chi connectivity index (χ3v) is 4.69. The zero-order valence-corrected chi connectivity index (χ0v) is 16.5. The average Bonchev–Trinajstić information content (AvgIpc) is 3.08. The molecule has 0 spiro atoms. The van der Waals surface area contributed by atoms with Crippen molar-refractivity contribution >= 4 is 11.9 Å². The monoisotopic (exact) mass is 406 g/mol. The van der Waals surface area contributed by atoms with E-state index in [1.54, 1.807) is 68.8 Å². The molecule has 0 aliphatic carbocycles. The number of hydrogen-bond acceptors (Lipinski definition) is 5. The molecule has 1 heterocycles. The van der Waals surface area contributed by atoms with Gasteiger partial charge in [0.1, 0.15) is 35.4 Å². The van der Waals surface area contributed by atoms with Gasteiger partial charge in [0.05, 0.1) is 19.8 Å². The van der Waals surface area contributed by atoms with Crippen LogP contribution in [0.1, 0.15) is 21.5 Å². The molecule has 5 nitrogen and oxygen atoms in total. The third kappa shape index (κ3) is 3.98. The van der Waals surface area contributed by atoms with E-state index in [0.717, 1.165) is 5.56 Å². The van der Waals surface area contributed by atoms with Crippen molar-refractivity contribution in [3.63, 3.8) is 0 Å². The lowest BCUT2D eigenvalue weighted by atomic mass is 10.1. The quantitative estimate of drug-likeness (QED) is 0.537. The van der Waals surface area contributed by atoms with Gasteiger partial charge in [-0.2, -0.15) is 0 Å². The van der Waals surface area contributed by atoms with Crippen molar-refractivity contribution in [3.8, 4) is 23.0 Å². The van der Waals surface area contributed by atoms with Crippen molar-refractivity contribution in [2.24, 2.45) is 0 Å². The predicted molar refractivity (Wildman–Crippen MR) is 110 cm³/mol. The minimum Gasteiger partial charge on any atom is -0.497 e. The van der Waals surface area contributed by atoms with Gasteiger partial charge in [-0.15, -0.1) is 0 Å². The highest BCUT2D eigenvalue weighted by Gasteiger charge is 2.28. The van der Waals surface area contributed by atoms with Crippen LogP contribution >= 0.6 is 0 Å². The minimum atomic E-state index is -0.295. The van der Waals surface area contributed by atoms with E-state index in [9.17, 15) is 9.18 Å². The number of rotatable bonds is 6. The fourth-order valence-corrected chi connectivity index (χ4v) is 3.08. The Hall–Kier alpha value is -3.80. The summed E-state index contributed by atoms with van der Waals surface area (Å²) in [5, 5.41) is 0. The zero-order chi connectivity index (χ0) is 21.1. The molecule has 4 rings (SSSR count). The van der Waals surface area contributed by atoms with E-state index in [4.69, 9.17) is 18.9 Å². The number of fused-ring (bicyclic) bond motifs is 1. The molecular formula is C24H19FO5. The first-order valence-electron chi connectivity index (χ1n) is 9.25. The minimum absolute atomic E-state index is 0.198. The van der Waals surface area contributed by atoms with Gasteiger partial charge in [-0.3, -0.25) is 4.79 Å². The maximum atomic E-state index is 13.0. The molecule has 0 bridgehead atoms. The van der Waals surface area contributed by atoms with E-state index in [-0.39, 0.29) is 24.0 Å². The van der Waals surface area contributed by atoms with Crippen LogP contribution in [0.25, 0.3) is 6.08 Å². The summed E-state index contributed by atoms with van der Waals surface area (Å²) in [6.07, 6.45) is 1.64. The summed E-state index contributed by atoms with van der Waals surface area (Å²) in [5.41, 5.74) is 1.99. The van der Waals surface area contributed by atoms with Crippen molar-refractivity contribution in [3.05, 3.63) is 88.9 Å². The van der Waals surface area contributed by atoms with E-state index in [1.165, 1.54) is 12.1 Å². The Morgan fingerprint density at radius 1 is 0.933 bits per heavy atom. The number of allylic oxidation sites excluding steroid dienone is 1. The van der Waals surface area contributed by atoms with Gasteiger partial charge in [-0.1, -0.05) is 12.1 Å². The van der Waals surface area contributed by atoms with Crippen LogP contribution in [0.3, 0.4) is 0 Å². The molecule has 6 heteroatoms. The topological polar surface area (TPSA) is 54.0 Å². The number of hydrogen-bond donors (Lipinski definition) is 0. The normalized spacial score (nSPS) is 13.7. The zero-order valence-electron chi connectivity index (χ0n) is 16.5. The highest BCUT2D eigenvalue weighted by Crippen LogP contribution is 2.36. The van der Waals surface area contributed by atoms with Crippen LogP contribution in [-0.2, 0) is 6.61 Å². The lowest BCUT2D eigenvalue weighted by Gasteiger charge is -2.08. The molecule has 0 unspecified atom stereocenters. The van der Waals surface area contributed by atoms with Gasteiger partial charge in [-0.25, -0.2) is 4.39 Å². The summed E-state index contributed by atoms with van der Waals surface area (Å²) < 4.78 is 35.1. The Balaban J connectivity index is 1.53. The van der Waals surface area contributed by atoms with E-state index in [0.29, 0.717) is 34.1 Å². The Morgan fingerprint density at radius 3 is 2.43 bits per heavy atom. The third-order valence-electron chi connectivity index (χ3n) is 4.69. The van der Waals surface area contributed by atoms with Gasteiger partial charge < -0.3 is 18.9 Å². The summed E-state index contributed by atoms with van der Waals surface area (Å²) in [6.45, 7) is 0.277. The van der Waals surface area contributed by atoms with Gasteiger partial charge in [0.15, 0.2) is 5.76 Å². The molecule has 0 aromatic heterocycles. The molecule has 0 N–H and O–H groups in total. The number of halogens is 1. The Labute approximate surface area is 173 Å². The van der Waals surface area contributed by atoms with Crippen molar-refractivity contribution in [1.29, 1.82) is 0 Å². The molecule has 0 radical (unpaired) electrons. The van der Waals surface area contributed by atoms with Crippen LogP contribution < -0.4 is 18.9 Å². The molecule has 3 aromatic rings. The van der Waals surface area contributed by atoms with Crippen molar-refractivity contribution in [1.82, 2.24) is 0 Å². The second-order valence-electron chi connectivity index (χ2n) is 6.62. The molecule has 1 aliphatic rings. The summed E-state index contributed by atoms with van der Waals surface area (Å²) in [5.74, 6) is 1.88. The number of benzene rings is 3. The predicted octanol–water partition coefficient (Wildman–Crippen LogP) is 5.04. The summed E-state index contributed by atoms with van der Waals surface area (Å²) in [6, 6.07) is 16.4. The molecule has 0 saturated carbocycles. The lowest BCUT2D eigenvalue weighted by Crippen LogP contribution is -1.99. The van der Waals surface area contributed by atoms with E-state index in [1.807, 2.05) is 0 Å². The summed E-state index contributed by atoms with van der Waals surface area (Å²) in [4.78, 5) is 12.7. The van der Waals surface area contributed by atoms with E-state index < -0.39 is 0 Å². The lowest BCUT2D eigenvalue weighted by molar-refractivity contribution is 0.101. The molecule has 0 atom stereocenters. The molecule has 152 valence electrons. The Kier molecular flexibility index (Phi) is 5.39. The first kappa shape index (κ1) is 19.5. The van der Waals surface area contributed by atoms with Gasteiger partial charge >= 0.3 is 0 Å². The van der Waals surface area contributed by atoms with Crippen LogP contribution in [0.4, 0.5) is 4.39 Å². The SMILES string of the molecule is COc1ccc(/C=C2\Oc3cc(OCc4ccc(F)cc4)ccc3C2=O)c(OC)c1. The van der Waals surface area contributed by atoms with Gasteiger partial charge in [0.2, 0.25) is 5.78 Å². The second kappa shape index (κ2) is 8.29. The number of ether oxygens (including phenoxy) is 4. The van der Waals surface area contributed by atoms with Gasteiger partial charge in [-0.05, 0) is 48.0 Å². The van der Waals surface area contributed by atoms with Crippen molar-refractivity contribution in [2.45, 2.75) is 6.61 Å². The number of ketones is 1. The fraction of sp³-hybridized carbons (Fsp3) is 0.125. The average molecular weight is 406 g/mol. The smallest absolute Gasteiger partial charge is 0.231 e. The first-order valence-corrected chi connectivity index (χ1v) is 9.25. The molecule has 0 saturated heterocycles. The molecular weight excluding hydrogens is 387 g/mol. The highest BCUT2D eigenvalue weighted by atomic mass is 19.1. The van der Waals surface area contributed by atoms with Crippen molar-refractivity contribution < 1.29 is 28.1 Å². The Morgan fingerprint density at radius 2 is 1.70 bits per heavy atom. The number of carbonyl (C=O) groups excluding carboxylic acids is 1.